The Balaban J connectivity index is 1.33. The van der Waals surface area contributed by atoms with Gasteiger partial charge in [-0.3, -0.25) is 14.4 Å². The van der Waals surface area contributed by atoms with E-state index in [-0.39, 0.29) is 67.7 Å². The number of hydrogen-bond acceptors (Lipinski definition) is 4. The van der Waals surface area contributed by atoms with E-state index in [1.165, 1.54) is 5.57 Å². The quantitative estimate of drug-likeness (QED) is 0.253. The van der Waals surface area contributed by atoms with Crippen molar-refractivity contribution >= 4 is 28.6 Å². The largest absolute Gasteiger partial charge is 0.460 e. The van der Waals surface area contributed by atoms with Gasteiger partial charge in [-0.05, 0) is 127 Å². The van der Waals surface area contributed by atoms with E-state index < -0.39 is 5.41 Å². The Labute approximate surface area is 263 Å². The summed E-state index contributed by atoms with van der Waals surface area (Å²) in [6, 6.07) is 9.90. The maximum absolute atomic E-state index is 14.6. The van der Waals surface area contributed by atoms with Crippen LogP contribution in [0.15, 0.2) is 42.0 Å². The zero-order chi connectivity index (χ0) is 31.2. The van der Waals surface area contributed by atoms with Crippen LogP contribution in [0.2, 0.25) is 0 Å². The van der Waals surface area contributed by atoms with Crippen LogP contribution in [-0.4, -0.2) is 17.0 Å². The fraction of sp³-hybridized carbons (Fsp3) is 0.711. The Morgan fingerprint density at radius 2 is 1.56 bits per heavy atom. The third kappa shape index (κ3) is 4.38. The van der Waals surface area contributed by atoms with E-state index in [0.29, 0.717) is 6.61 Å². The van der Waals surface area contributed by atoms with Crippen molar-refractivity contribution in [2.45, 2.75) is 113 Å². The van der Waals surface area contributed by atoms with Gasteiger partial charge in [-0.25, -0.2) is 0 Å². The number of halogens is 1. The molecule has 0 bridgehead atoms. The molecule has 0 aliphatic heterocycles. The molecule has 234 valence electrons. The summed E-state index contributed by atoms with van der Waals surface area (Å²) >= 11 is 6.15. The van der Waals surface area contributed by atoms with Gasteiger partial charge < -0.3 is 4.74 Å². The molecule has 0 N–H and O–H groups in total. The van der Waals surface area contributed by atoms with Gasteiger partial charge in [0.25, 0.3) is 0 Å². The van der Waals surface area contributed by atoms with Crippen LogP contribution < -0.4 is 0 Å². The van der Waals surface area contributed by atoms with Crippen molar-refractivity contribution in [3.63, 3.8) is 0 Å². The van der Waals surface area contributed by atoms with E-state index in [1.807, 2.05) is 30.3 Å². The molecule has 1 unspecified atom stereocenters. The van der Waals surface area contributed by atoms with Crippen molar-refractivity contribution in [1.29, 1.82) is 0 Å². The van der Waals surface area contributed by atoms with Gasteiger partial charge in [0.2, 0.25) is 5.24 Å². The Bertz CT molecular complexity index is 1360. The fourth-order valence-corrected chi connectivity index (χ4v) is 12.1. The average molecular weight is 607 g/mol. The number of ether oxygens (including phenoxy) is 1. The Morgan fingerprint density at radius 3 is 2.23 bits per heavy atom. The molecule has 4 nitrogen and oxygen atoms in total. The molecule has 0 heterocycles. The number of allylic oxidation sites excluding steroid dienone is 2. The third-order valence-electron chi connectivity index (χ3n) is 14.6. The lowest BCUT2D eigenvalue weighted by Gasteiger charge is -2.70. The van der Waals surface area contributed by atoms with Gasteiger partial charge in [-0.15, -0.1) is 0 Å². The lowest BCUT2D eigenvalue weighted by molar-refractivity contribution is -0.193. The molecule has 5 heteroatoms. The van der Waals surface area contributed by atoms with Crippen LogP contribution >= 0.6 is 11.6 Å². The molecule has 5 aliphatic carbocycles. The summed E-state index contributed by atoms with van der Waals surface area (Å²) in [4.78, 5) is 40.7. The van der Waals surface area contributed by atoms with Crippen molar-refractivity contribution in [2.24, 2.45) is 56.2 Å². The summed E-state index contributed by atoms with van der Waals surface area (Å²) in [6.45, 7) is 16.4. The number of benzene rings is 1. The van der Waals surface area contributed by atoms with E-state index in [4.69, 9.17) is 16.3 Å². The predicted octanol–water partition coefficient (Wildman–Crippen LogP) is 9.09. The standard InChI is InChI=1S/C38H51ClO4/c1-33(2)25(31(39)41)13-15-36(5)29(33)14-16-38(7)30(36)28(40)21-26-27-22-35(4,18-17-34(27,3)19-20-37(26,38)6)32(42)43-23-24-11-9-8-10-12-24/h8-12,21,25,27,29-30H,13-20,22-23H2,1-7H3/t25-,27?,29+,30-,34-,35+,36+,37-,38-/m1/s1. The Morgan fingerprint density at radius 1 is 0.884 bits per heavy atom. The second-order valence-corrected chi connectivity index (χ2v) is 17.4. The van der Waals surface area contributed by atoms with Gasteiger partial charge in [-0.1, -0.05) is 77.4 Å². The van der Waals surface area contributed by atoms with Crippen LogP contribution in [-0.2, 0) is 25.7 Å². The van der Waals surface area contributed by atoms with Crippen LogP contribution in [0.1, 0.15) is 112 Å². The Kier molecular flexibility index (Phi) is 7.25. The number of hydrogen-bond donors (Lipinski definition) is 0. The molecule has 4 saturated carbocycles. The summed E-state index contributed by atoms with van der Waals surface area (Å²) in [7, 11) is 0. The van der Waals surface area contributed by atoms with Gasteiger partial charge >= 0.3 is 5.97 Å². The lowest BCUT2D eigenvalue weighted by Crippen LogP contribution is -2.66. The SMILES string of the molecule is CC1(C)[C@@H](C(=O)Cl)CC[C@]2(C)[C@H]3C(=O)C=C4C5C[C@@](C)(C(=O)OCc6ccccc6)CC[C@]5(C)CC[C@@]4(C)[C@]3(C)CC[C@@H]12. The predicted molar refractivity (Wildman–Crippen MR) is 170 cm³/mol. The van der Waals surface area contributed by atoms with E-state index in [2.05, 4.69) is 54.5 Å². The number of carbonyl (C=O) groups is 3. The minimum absolute atomic E-state index is 0.0756. The normalized spacial score (nSPS) is 45.0. The second kappa shape index (κ2) is 10.0. The topological polar surface area (TPSA) is 60.4 Å². The third-order valence-corrected chi connectivity index (χ3v) is 14.9. The maximum Gasteiger partial charge on any atom is 0.312 e. The van der Waals surface area contributed by atoms with Gasteiger partial charge in [0.05, 0.1) is 5.41 Å². The molecular formula is C38H51ClO4. The van der Waals surface area contributed by atoms with Crippen LogP contribution in [0.3, 0.4) is 0 Å². The molecule has 4 fully saturated rings. The van der Waals surface area contributed by atoms with Gasteiger partial charge in [0, 0.05) is 11.8 Å². The van der Waals surface area contributed by atoms with Crippen LogP contribution in [0.5, 0.6) is 0 Å². The minimum Gasteiger partial charge on any atom is -0.460 e. The Hall–Kier alpha value is -1.94. The van der Waals surface area contributed by atoms with Crippen LogP contribution in [0, 0.1) is 56.2 Å². The highest BCUT2D eigenvalue weighted by Crippen LogP contribution is 2.75. The molecule has 1 aromatic carbocycles. The summed E-state index contributed by atoms with van der Waals surface area (Å²) in [5.74, 6) is 0.383. The zero-order valence-electron chi connectivity index (χ0n) is 27.4. The number of esters is 1. The first-order valence-corrected chi connectivity index (χ1v) is 17.1. The molecule has 0 aromatic heterocycles. The monoisotopic (exact) mass is 606 g/mol. The van der Waals surface area contributed by atoms with E-state index in [0.717, 1.165) is 63.4 Å². The van der Waals surface area contributed by atoms with Gasteiger partial charge in [0.1, 0.15) is 6.61 Å². The highest BCUT2D eigenvalue weighted by atomic mass is 35.5. The van der Waals surface area contributed by atoms with Crippen molar-refractivity contribution in [2.75, 3.05) is 0 Å². The first-order valence-electron chi connectivity index (χ1n) is 16.7. The molecule has 0 amide bonds. The maximum atomic E-state index is 14.6. The summed E-state index contributed by atoms with van der Waals surface area (Å²) in [5.41, 5.74) is 1.11. The van der Waals surface area contributed by atoms with Crippen LogP contribution in [0.25, 0.3) is 0 Å². The molecule has 9 atom stereocenters. The van der Waals surface area contributed by atoms with E-state index in [9.17, 15) is 14.4 Å². The fourth-order valence-electron chi connectivity index (χ4n) is 11.7. The number of carbonyl (C=O) groups excluding carboxylic acids is 3. The van der Waals surface area contributed by atoms with Gasteiger partial charge in [0.15, 0.2) is 5.78 Å². The summed E-state index contributed by atoms with van der Waals surface area (Å²) < 4.78 is 5.93. The summed E-state index contributed by atoms with van der Waals surface area (Å²) in [5, 5.41) is -0.223. The molecule has 5 aliphatic rings. The number of fused-ring (bicyclic) bond motifs is 7. The lowest BCUT2D eigenvalue weighted by atomic mass is 9.33. The average Bonchev–Trinajstić information content (AvgIpc) is 2.93. The first kappa shape index (κ1) is 31.1. The molecule has 43 heavy (non-hydrogen) atoms. The molecule has 0 spiro atoms. The van der Waals surface area contributed by atoms with Crippen molar-refractivity contribution in [1.82, 2.24) is 0 Å². The number of ketones is 1. The highest BCUT2D eigenvalue weighted by molar-refractivity contribution is 6.64. The molecule has 6 rings (SSSR count). The van der Waals surface area contributed by atoms with E-state index >= 15 is 0 Å². The van der Waals surface area contributed by atoms with E-state index in [1.54, 1.807) is 0 Å². The van der Waals surface area contributed by atoms with Gasteiger partial charge in [-0.2, -0.15) is 0 Å². The molecule has 1 aromatic rings. The molecule has 0 radical (unpaired) electrons. The molecular weight excluding hydrogens is 556 g/mol. The second-order valence-electron chi connectivity index (χ2n) is 17.0. The number of rotatable bonds is 4. The smallest absolute Gasteiger partial charge is 0.312 e. The van der Waals surface area contributed by atoms with Crippen LogP contribution in [0.4, 0.5) is 0 Å². The van der Waals surface area contributed by atoms with Crippen molar-refractivity contribution in [3.8, 4) is 0 Å². The highest BCUT2D eigenvalue weighted by Gasteiger charge is 2.70. The van der Waals surface area contributed by atoms with Crippen molar-refractivity contribution < 1.29 is 19.1 Å². The first-order chi connectivity index (χ1) is 20.0. The minimum atomic E-state index is -0.570. The van der Waals surface area contributed by atoms with Crippen molar-refractivity contribution in [3.05, 3.63) is 47.5 Å². The summed E-state index contributed by atoms with van der Waals surface area (Å²) in [6.07, 6.45) is 10.4. The zero-order valence-corrected chi connectivity index (χ0v) is 28.1. The molecule has 0 saturated heterocycles.